The highest BCUT2D eigenvalue weighted by molar-refractivity contribution is 7.10. The minimum Gasteiger partial charge on any atom is -0.478 e. The second-order valence-corrected chi connectivity index (χ2v) is 6.89. The first-order valence-electron chi connectivity index (χ1n) is 8.04. The van der Waals surface area contributed by atoms with E-state index >= 15 is 0 Å². The van der Waals surface area contributed by atoms with Crippen LogP contribution in [0.15, 0.2) is 41.8 Å². The fourth-order valence-corrected chi connectivity index (χ4v) is 3.92. The van der Waals surface area contributed by atoms with Gasteiger partial charge in [0.15, 0.2) is 0 Å². The third-order valence-corrected chi connectivity index (χ3v) is 5.29. The number of likely N-dealkylation sites (tertiary alicyclic amines) is 1. The van der Waals surface area contributed by atoms with E-state index in [4.69, 9.17) is 5.11 Å². The van der Waals surface area contributed by atoms with E-state index in [2.05, 4.69) is 27.7 Å². The predicted octanol–water partition coefficient (Wildman–Crippen LogP) is 3.37. The molecular formula is C18H22N2O2S. The molecule has 1 aliphatic rings. The van der Waals surface area contributed by atoms with Crippen LogP contribution in [0.2, 0.25) is 0 Å². The molecule has 0 aliphatic carbocycles. The number of carboxylic acid groups (broad SMARTS) is 1. The van der Waals surface area contributed by atoms with Crippen LogP contribution >= 0.6 is 11.3 Å². The van der Waals surface area contributed by atoms with E-state index in [1.807, 2.05) is 23.5 Å². The van der Waals surface area contributed by atoms with Crippen molar-refractivity contribution in [3.05, 3.63) is 57.8 Å². The van der Waals surface area contributed by atoms with Gasteiger partial charge in [-0.25, -0.2) is 4.79 Å². The molecule has 2 N–H and O–H groups in total. The molecule has 0 amide bonds. The summed E-state index contributed by atoms with van der Waals surface area (Å²) in [5.74, 6) is -0.878. The molecule has 1 unspecified atom stereocenters. The number of hydrogen-bond donors (Lipinski definition) is 2. The largest absolute Gasteiger partial charge is 0.478 e. The number of carbonyl (C=O) groups is 1. The van der Waals surface area contributed by atoms with Gasteiger partial charge in [-0.3, -0.25) is 4.90 Å². The van der Waals surface area contributed by atoms with Crippen molar-refractivity contribution in [1.29, 1.82) is 0 Å². The first-order valence-corrected chi connectivity index (χ1v) is 8.92. The fourth-order valence-electron chi connectivity index (χ4n) is 3.06. The van der Waals surface area contributed by atoms with Gasteiger partial charge in [-0.1, -0.05) is 18.2 Å². The van der Waals surface area contributed by atoms with Crippen molar-refractivity contribution in [2.45, 2.75) is 25.4 Å². The summed E-state index contributed by atoms with van der Waals surface area (Å²) in [5, 5.41) is 14.6. The number of nitrogens with one attached hydrogen (secondary N) is 1. The minimum absolute atomic E-state index is 0.335. The smallest absolute Gasteiger partial charge is 0.335 e. The molecule has 1 saturated heterocycles. The van der Waals surface area contributed by atoms with Crippen LogP contribution in [0.25, 0.3) is 0 Å². The van der Waals surface area contributed by atoms with Gasteiger partial charge in [-0.05, 0) is 55.1 Å². The van der Waals surface area contributed by atoms with Crippen molar-refractivity contribution in [2.24, 2.45) is 0 Å². The van der Waals surface area contributed by atoms with Gasteiger partial charge >= 0.3 is 5.97 Å². The molecule has 5 heteroatoms. The number of benzene rings is 1. The van der Waals surface area contributed by atoms with Crippen molar-refractivity contribution >= 4 is 17.3 Å². The lowest BCUT2D eigenvalue weighted by molar-refractivity contribution is 0.0697. The van der Waals surface area contributed by atoms with Crippen molar-refractivity contribution in [3.63, 3.8) is 0 Å². The van der Waals surface area contributed by atoms with Crippen molar-refractivity contribution in [1.82, 2.24) is 10.2 Å². The van der Waals surface area contributed by atoms with E-state index in [1.54, 1.807) is 12.1 Å². The molecule has 0 spiro atoms. The Balaban J connectivity index is 1.57. The van der Waals surface area contributed by atoms with Crippen LogP contribution < -0.4 is 5.32 Å². The molecule has 3 rings (SSSR count). The average Bonchev–Trinajstić information content (AvgIpc) is 3.26. The molecule has 1 fully saturated rings. The lowest BCUT2D eigenvalue weighted by Crippen LogP contribution is -2.33. The number of rotatable bonds is 7. The van der Waals surface area contributed by atoms with Gasteiger partial charge < -0.3 is 10.4 Å². The Labute approximate surface area is 140 Å². The molecule has 0 bridgehead atoms. The van der Waals surface area contributed by atoms with Crippen LogP contribution in [0.4, 0.5) is 0 Å². The molecule has 1 atom stereocenters. The SMILES string of the molecule is O=C(O)c1ccc(CNCC(c2cccs2)N2CCCC2)cc1. The summed E-state index contributed by atoms with van der Waals surface area (Å²) < 4.78 is 0. The minimum atomic E-state index is -0.878. The van der Waals surface area contributed by atoms with Crippen molar-refractivity contribution < 1.29 is 9.90 Å². The number of carboxylic acids is 1. The molecule has 2 aromatic rings. The van der Waals surface area contributed by atoms with Gasteiger partial charge in [-0.15, -0.1) is 11.3 Å². The summed E-state index contributed by atoms with van der Waals surface area (Å²) in [6, 6.07) is 11.9. The Hall–Kier alpha value is -1.69. The summed E-state index contributed by atoms with van der Waals surface area (Å²) in [7, 11) is 0. The number of nitrogens with zero attached hydrogens (tertiary/aromatic N) is 1. The zero-order chi connectivity index (χ0) is 16.1. The lowest BCUT2D eigenvalue weighted by atomic mass is 10.1. The zero-order valence-electron chi connectivity index (χ0n) is 13.1. The van der Waals surface area contributed by atoms with E-state index in [9.17, 15) is 4.79 Å². The van der Waals surface area contributed by atoms with E-state index in [0.717, 1.165) is 18.7 Å². The van der Waals surface area contributed by atoms with Crippen LogP contribution in [0.5, 0.6) is 0 Å². The molecule has 122 valence electrons. The van der Waals surface area contributed by atoms with Crippen molar-refractivity contribution in [2.75, 3.05) is 19.6 Å². The van der Waals surface area contributed by atoms with Gasteiger partial charge in [-0.2, -0.15) is 0 Å². The second-order valence-electron chi connectivity index (χ2n) is 5.91. The zero-order valence-corrected chi connectivity index (χ0v) is 13.9. The summed E-state index contributed by atoms with van der Waals surface area (Å²) in [4.78, 5) is 14.9. The predicted molar refractivity (Wildman–Crippen MR) is 93.0 cm³/mol. The highest BCUT2D eigenvalue weighted by Crippen LogP contribution is 2.27. The maximum Gasteiger partial charge on any atom is 0.335 e. The summed E-state index contributed by atoms with van der Waals surface area (Å²) in [6.07, 6.45) is 2.58. The monoisotopic (exact) mass is 330 g/mol. The van der Waals surface area contributed by atoms with E-state index in [-0.39, 0.29) is 0 Å². The number of thiophene rings is 1. The van der Waals surface area contributed by atoms with Gasteiger partial charge in [0.1, 0.15) is 0 Å². The normalized spacial score (nSPS) is 16.5. The first kappa shape index (κ1) is 16.2. The number of aromatic carboxylic acids is 1. The van der Waals surface area contributed by atoms with Crippen LogP contribution in [0, 0.1) is 0 Å². The Morgan fingerprint density at radius 1 is 1.22 bits per heavy atom. The Kier molecular flexibility index (Phi) is 5.43. The molecule has 0 saturated carbocycles. The summed E-state index contributed by atoms with van der Waals surface area (Å²) >= 11 is 1.82. The molecule has 0 radical (unpaired) electrons. The Morgan fingerprint density at radius 2 is 1.96 bits per heavy atom. The van der Waals surface area contributed by atoms with Gasteiger partial charge in [0, 0.05) is 18.0 Å². The quantitative estimate of drug-likeness (QED) is 0.817. The van der Waals surface area contributed by atoms with Gasteiger partial charge in [0.25, 0.3) is 0 Å². The third-order valence-electron chi connectivity index (χ3n) is 4.32. The van der Waals surface area contributed by atoms with Gasteiger partial charge in [0.2, 0.25) is 0 Å². The highest BCUT2D eigenvalue weighted by Gasteiger charge is 2.23. The molecule has 4 nitrogen and oxygen atoms in total. The Bertz CT molecular complexity index is 619. The molecule has 1 aromatic heterocycles. The third kappa shape index (κ3) is 4.19. The maximum atomic E-state index is 10.9. The first-order chi connectivity index (χ1) is 11.2. The molecule has 1 aromatic carbocycles. The number of hydrogen-bond acceptors (Lipinski definition) is 4. The topological polar surface area (TPSA) is 52.6 Å². The van der Waals surface area contributed by atoms with Crippen LogP contribution in [0.3, 0.4) is 0 Å². The van der Waals surface area contributed by atoms with Crippen LogP contribution in [-0.4, -0.2) is 35.6 Å². The lowest BCUT2D eigenvalue weighted by Gasteiger charge is -2.27. The molecule has 23 heavy (non-hydrogen) atoms. The highest BCUT2D eigenvalue weighted by atomic mass is 32.1. The van der Waals surface area contributed by atoms with E-state index < -0.39 is 5.97 Å². The van der Waals surface area contributed by atoms with Crippen LogP contribution in [0.1, 0.15) is 39.7 Å². The van der Waals surface area contributed by atoms with Gasteiger partial charge in [0.05, 0.1) is 11.6 Å². The van der Waals surface area contributed by atoms with E-state index in [0.29, 0.717) is 11.6 Å². The van der Waals surface area contributed by atoms with E-state index in [1.165, 1.54) is 30.8 Å². The fraction of sp³-hybridized carbons (Fsp3) is 0.389. The molecule has 1 aliphatic heterocycles. The summed E-state index contributed by atoms with van der Waals surface area (Å²) in [5.41, 5.74) is 1.45. The second kappa shape index (κ2) is 7.73. The van der Waals surface area contributed by atoms with Crippen LogP contribution in [-0.2, 0) is 6.54 Å². The Morgan fingerprint density at radius 3 is 2.57 bits per heavy atom. The average molecular weight is 330 g/mol. The van der Waals surface area contributed by atoms with Crippen molar-refractivity contribution in [3.8, 4) is 0 Å². The standard InChI is InChI=1S/C18H22N2O2S/c21-18(22)15-7-5-14(6-8-15)12-19-13-16(17-4-3-11-23-17)20-9-1-2-10-20/h3-8,11,16,19H,1-2,9-10,12-13H2,(H,21,22). The molecule has 2 heterocycles. The maximum absolute atomic E-state index is 10.9. The molecular weight excluding hydrogens is 308 g/mol. The summed E-state index contributed by atoms with van der Waals surface area (Å²) in [6.45, 7) is 4.03.